The zero-order chi connectivity index (χ0) is 22.9. The standard InChI is InChI=1S/C28H38N2O2/c1-4-26(28(32)29-25-11-6-5-7-12-25)30(20-24-10-8-9-22(3)19-24)27(31)18-17-23-15-13-21(2)14-16-23/h8-10,13-16,19,25-26H,4-7,11-12,17-18,20H2,1-3H3,(H,29,32)/t26-/m0/s1. The van der Waals surface area contributed by atoms with Crippen molar-refractivity contribution in [1.29, 1.82) is 0 Å². The van der Waals surface area contributed by atoms with Gasteiger partial charge in [-0.1, -0.05) is 85.8 Å². The number of hydrogen-bond acceptors (Lipinski definition) is 2. The van der Waals surface area contributed by atoms with Gasteiger partial charge in [-0.25, -0.2) is 0 Å². The van der Waals surface area contributed by atoms with Crippen LogP contribution in [0.3, 0.4) is 0 Å². The van der Waals surface area contributed by atoms with Gasteiger partial charge in [0.25, 0.3) is 0 Å². The summed E-state index contributed by atoms with van der Waals surface area (Å²) in [5, 5.41) is 3.25. The van der Waals surface area contributed by atoms with Crippen molar-refractivity contribution >= 4 is 11.8 Å². The van der Waals surface area contributed by atoms with Gasteiger partial charge >= 0.3 is 0 Å². The molecule has 4 heteroatoms. The van der Waals surface area contributed by atoms with Crippen LogP contribution in [0.15, 0.2) is 48.5 Å². The second-order valence-electron chi connectivity index (χ2n) is 9.26. The second-order valence-corrected chi connectivity index (χ2v) is 9.26. The minimum Gasteiger partial charge on any atom is -0.352 e. The summed E-state index contributed by atoms with van der Waals surface area (Å²) in [5.74, 6) is 0.0356. The first-order chi connectivity index (χ1) is 15.5. The highest BCUT2D eigenvalue weighted by atomic mass is 16.2. The Bertz CT molecular complexity index is 885. The van der Waals surface area contributed by atoms with Crippen LogP contribution in [0.25, 0.3) is 0 Å². The van der Waals surface area contributed by atoms with E-state index in [9.17, 15) is 9.59 Å². The molecule has 1 atom stereocenters. The lowest BCUT2D eigenvalue weighted by Gasteiger charge is -2.33. The molecule has 0 heterocycles. The van der Waals surface area contributed by atoms with Gasteiger partial charge in [0.05, 0.1) is 0 Å². The largest absolute Gasteiger partial charge is 0.352 e. The molecule has 2 aromatic rings. The Labute approximate surface area is 193 Å². The van der Waals surface area contributed by atoms with Crippen LogP contribution in [0.4, 0.5) is 0 Å². The molecule has 32 heavy (non-hydrogen) atoms. The van der Waals surface area contributed by atoms with Crippen molar-refractivity contribution in [3.8, 4) is 0 Å². The average molecular weight is 435 g/mol. The lowest BCUT2D eigenvalue weighted by Crippen LogP contribution is -2.51. The molecule has 2 aromatic carbocycles. The van der Waals surface area contributed by atoms with Gasteiger partial charge in [-0.3, -0.25) is 9.59 Å². The van der Waals surface area contributed by atoms with Crippen molar-refractivity contribution < 1.29 is 9.59 Å². The number of nitrogens with one attached hydrogen (secondary N) is 1. The summed E-state index contributed by atoms with van der Waals surface area (Å²) >= 11 is 0. The maximum absolute atomic E-state index is 13.4. The fourth-order valence-electron chi connectivity index (χ4n) is 4.62. The molecular weight excluding hydrogens is 396 g/mol. The van der Waals surface area contributed by atoms with E-state index < -0.39 is 6.04 Å². The summed E-state index contributed by atoms with van der Waals surface area (Å²) < 4.78 is 0. The van der Waals surface area contributed by atoms with Crippen LogP contribution in [0.5, 0.6) is 0 Å². The third-order valence-electron chi connectivity index (χ3n) is 6.52. The van der Waals surface area contributed by atoms with Crippen LogP contribution in [0.2, 0.25) is 0 Å². The maximum Gasteiger partial charge on any atom is 0.243 e. The topological polar surface area (TPSA) is 49.4 Å². The molecule has 2 amide bonds. The van der Waals surface area contributed by atoms with E-state index in [-0.39, 0.29) is 17.9 Å². The molecule has 0 bridgehead atoms. The molecule has 3 rings (SSSR count). The van der Waals surface area contributed by atoms with Crippen LogP contribution in [0.1, 0.15) is 74.1 Å². The monoisotopic (exact) mass is 434 g/mol. The van der Waals surface area contributed by atoms with Gasteiger partial charge < -0.3 is 10.2 Å². The zero-order valence-electron chi connectivity index (χ0n) is 19.9. The average Bonchev–Trinajstić information content (AvgIpc) is 2.79. The Morgan fingerprint density at radius 3 is 2.34 bits per heavy atom. The Balaban J connectivity index is 1.74. The van der Waals surface area contributed by atoms with Crippen molar-refractivity contribution in [2.45, 2.75) is 90.8 Å². The fraction of sp³-hybridized carbons (Fsp3) is 0.500. The molecule has 1 fully saturated rings. The first kappa shape index (κ1) is 24.0. The number of nitrogens with zero attached hydrogens (tertiary/aromatic N) is 1. The third kappa shape index (κ3) is 6.94. The molecule has 0 saturated heterocycles. The van der Waals surface area contributed by atoms with Crippen molar-refractivity contribution in [2.24, 2.45) is 0 Å². The molecule has 0 aliphatic heterocycles. The number of benzene rings is 2. The highest BCUT2D eigenvalue weighted by molar-refractivity contribution is 5.88. The predicted octanol–water partition coefficient (Wildman–Crippen LogP) is 5.49. The van der Waals surface area contributed by atoms with Gasteiger partial charge in [0.2, 0.25) is 11.8 Å². The summed E-state index contributed by atoms with van der Waals surface area (Å²) in [4.78, 5) is 28.5. The molecule has 172 valence electrons. The maximum atomic E-state index is 13.4. The number of carbonyl (C=O) groups excluding carboxylic acids is 2. The van der Waals surface area contributed by atoms with Crippen LogP contribution >= 0.6 is 0 Å². The van der Waals surface area contributed by atoms with E-state index >= 15 is 0 Å². The van der Waals surface area contributed by atoms with E-state index in [4.69, 9.17) is 0 Å². The van der Waals surface area contributed by atoms with Gasteiger partial charge in [-0.05, 0) is 50.7 Å². The summed E-state index contributed by atoms with van der Waals surface area (Å²) in [6.45, 7) is 6.59. The second kappa shape index (κ2) is 11.8. The summed E-state index contributed by atoms with van der Waals surface area (Å²) in [7, 11) is 0. The van der Waals surface area contributed by atoms with Crippen LogP contribution in [0, 0.1) is 13.8 Å². The molecule has 1 N–H and O–H groups in total. The normalized spacial score (nSPS) is 15.2. The van der Waals surface area contributed by atoms with Gasteiger partial charge in [0.1, 0.15) is 6.04 Å². The van der Waals surface area contributed by atoms with Gasteiger partial charge in [0, 0.05) is 19.0 Å². The molecule has 1 saturated carbocycles. The number of hydrogen-bond donors (Lipinski definition) is 1. The van der Waals surface area contributed by atoms with Gasteiger partial charge in [-0.2, -0.15) is 0 Å². The number of carbonyl (C=O) groups is 2. The highest BCUT2D eigenvalue weighted by Gasteiger charge is 2.30. The Hall–Kier alpha value is -2.62. The summed E-state index contributed by atoms with van der Waals surface area (Å²) in [6.07, 6.45) is 7.38. The SMILES string of the molecule is CC[C@@H](C(=O)NC1CCCCC1)N(Cc1cccc(C)c1)C(=O)CCc1ccc(C)cc1. The third-order valence-corrected chi connectivity index (χ3v) is 6.52. The molecule has 4 nitrogen and oxygen atoms in total. The molecule has 0 unspecified atom stereocenters. The lowest BCUT2D eigenvalue weighted by atomic mass is 9.95. The zero-order valence-corrected chi connectivity index (χ0v) is 19.9. The fourth-order valence-corrected chi connectivity index (χ4v) is 4.62. The Morgan fingerprint density at radius 1 is 0.969 bits per heavy atom. The smallest absolute Gasteiger partial charge is 0.243 e. The van der Waals surface area contributed by atoms with Crippen molar-refractivity contribution in [1.82, 2.24) is 10.2 Å². The first-order valence-electron chi connectivity index (χ1n) is 12.2. The first-order valence-corrected chi connectivity index (χ1v) is 12.2. The van der Waals surface area contributed by atoms with E-state index in [1.807, 2.05) is 19.1 Å². The predicted molar refractivity (Wildman–Crippen MR) is 130 cm³/mol. The van der Waals surface area contributed by atoms with Crippen molar-refractivity contribution in [3.05, 3.63) is 70.8 Å². The van der Waals surface area contributed by atoms with Crippen LogP contribution in [-0.4, -0.2) is 28.8 Å². The molecule has 0 aromatic heterocycles. The molecule has 0 radical (unpaired) electrons. The van der Waals surface area contributed by atoms with E-state index in [2.05, 4.69) is 55.6 Å². The van der Waals surface area contributed by atoms with E-state index in [0.717, 1.165) is 29.5 Å². The van der Waals surface area contributed by atoms with E-state index in [0.29, 0.717) is 25.8 Å². The van der Waals surface area contributed by atoms with Crippen LogP contribution < -0.4 is 5.32 Å². The molecule has 0 spiro atoms. The Kier molecular flexibility index (Phi) is 8.90. The van der Waals surface area contributed by atoms with Crippen molar-refractivity contribution in [2.75, 3.05) is 0 Å². The van der Waals surface area contributed by atoms with E-state index in [1.165, 1.54) is 24.8 Å². The minimum absolute atomic E-state index is 0.00395. The Morgan fingerprint density at radius 2 is 1.69 bits per heavy atom. The molecular formula is C28H38N2O2. The summed E-state index contributed by atoms with van der Waals surface area (Å²) in [6, 6.07) is 16.3. The van der Waals surface area contributed by atoms with E-state index in [1.54, 1.807) is 4.90 Å². The van der Waals surface area contributed by atoms with Gasteiger partial charge in [0.15, 0.2) is 0 Å². The molecule has 1 aliphatic carbocycles. The highest BCUT2D eigenvalue weighted by Crippen LogP contribution is 2.20. The molecule has 1 aliphatic rings. The van der Waals surface area contributed by atoms with Gasteiger partial charge in [-0.15, -0.1) is 0 Å². The lowest BCUT2D eigenvalue weighted by molar-refractivity contribution is -0.141. The number of amides is 2. The quantitative estimate of drug-likeness (QED) is 0.567. The number of aryl methyl sites for hydroxylation is 3. The van der Waals surface area contributed by atoms with Crippen LogP contribution in [-0.2, 0) is 22.6 Å². The van der Waals surface area contributed by atoms with Crippen molar-refractivity contribution in [3.63, 3.8) is 0 Å². The minimum atomic E-state index is -0.442. The summed E-state index contributed by atoms with van der Waals surface area (Å²) in [5.41, 5.74) is 4.60. The number of rotatable bonds is 9.